The van der Waals surface area contributed by atoms with Gasteiger partial charge in [0.1, 0.15) is 17.5 Å². The van der Waals surface area contributed by atoms with Crippen molar-refractivity contribution in [3.8, 4) is 0 Å². The van der Waals surface area contributed by atoms with E-state index in [4.69, 9.17) is 11.6 Å². The Kier molecular flexibility index (Phi) is 4.19. The summed E-state index contributed by atoms with van der Waals surface area (Å²) in [6, 6.07) is 7.79. The molecule has 2 rings (SSSR count). The molecule has 0 saturated heterocycles. The minimum atomic E-state index is -0.612. The summed E-state index contributed by atoms with van der Waals surface area (Å²) in [5, 5.41) is 0.0484. The molecule has 18 heavy (non-hydrogen) atoms. The van der Waals surface area contributed by atoms with E-state index in [0.717, 1.165) is 6.07 Å². The van der Waals surface area contributed by atoms with E-state index < -0.39 is 17.5 Å². The lowest BCUT2D eigenvalue weighted by Crippen LogP contribution is -1.89. The van der Waals surface area contributed by atoms with Gasteiger partial charge in [0, 0.05) is 16.7 Å². The minimum Gasteiger partial charge on any atom is -0.207 e. The van der Waals surface area contributed by atoms with Crippen molar-refractivity contribution in [2.75, 3.05) is 0 Å². The summed E-state index contributed by atoms with van der Waals surface area (Å²) in [5.41, 5.74) is 0.372. The van der Waals surface area contributed by atoms with Gasteiger partial charge in [-0.1, -0.05) is 17.7 Å². The predicted octanol–water partition coefficient (Wildman–Crippen LogP) is 5.05. The molecular formula is C13H8ClF3S. The molecule has 0 fully saturated rings. The second-order valence-electron chi connectivity index (χ2n) is 3.60. The molecule has 2 aromatic rings. The quantitative estimate of drug-likeness (QED) is 0.712. The van der Waals surface area contributed by atoms with Crippen LogP contribution < -0.4 is 0 Å². The smallest absolute Gasteiger partial charge is 0.142 e. The number of rotatable bonds is 3. The first kappa shape index (κ1) is 13.3. The van der Waals surface area contributed by atoms with E-state index in [1.165, 1.54) is 36.0 Å². The number of hydrogen-bond acceptors (Lipinski definition) is 1. The van der Waals surface area contributed by atoms with Crippen molar-refractivity contribution < 1.29 is 13.2 Å². The van der Waals surface area contributed by atoms with Crippen molar-refractivity contribution in [3.63, 3.8) is 0 Å². The van der Waals surface area contributed by atoms with Gasteiger partial charge in [-0.2, -0.15) is 0 Å². The Labute approximate surface area is 112 Å². The second kappa shape index (κ2) is 5.67. The molecule has 0 nitrogen and oxygen atoms in total. The minimum absolute atomic E-state index is 0.0484. The summed E-state index contributed by atoms with van der Waals surface area (Å²) in [6.07, 6.45) is 0. The van der Waals surface area contributed by atoms with E-state index in [1.807, 2.05) is 0 Å². The van der Waals surface area contributed by atoms with Crippen LogP contribution in [-0.2, 0) is 5.75 Å². The fourth-order valence-electron chi connectivity index (χ4n) is 1.37. The molecule has 0 aromatic heterocycles. The van der Waals surface area contributed by atoms with E-state index in [0.29, 0.717) is 16.2 Å². The number of halogens is 4. The Bertz CT molecular complexity index is 572. The van der Waals surface area contributed by atoms with Crippen LogP contribution in [0.15, 0.2) is 41.3 Å². The Morgan fingerprint density at radius 3 is 2.39 bits per heavy atom. The SMILES string of the molecule is Fc1ccc(CSc2ccc(Cl)c(F)c2)c(F)c1. The standard InChI is InChI=1S/C13H8ClF3S/c14-11-4-3-10(6-13(11)17)18-7-8-1-2-9(15)5-12(8)16/h1-6H,7H2. The van der Waals surface area contributed by atoms with Crippen LogP contribution >= 0.6 is 23.4 Å². The Hall–Kier alpha value is -1.13. The Balaban J connectivity index is 2.09. The Morgan fingerprint density at radius 1 is 0.944 bits per heavy atom. The predicted molar refractivity (Wildman–Crippen MR) is 67.3 cm³/mol. The maximum absolute atomic E-state index is 13.3. The number of hydrogen-bond donors (Lipinski definition) is 0. The van der Waals surface area contributed by atoms with Gasteiger partial charge in [-0.3, -0.25) is 0 Å². The number of thioether (sulfide) groups is 1. The lowest BCUT2D eigenvalue weighted by atomic mass is 10.2. The van der Waals surface area contributed by atoms with E-state index in [2.05, 4.69) is 0 Å². The molecule has 2 aromatic carbocycles. The summed E-state index contributed by atoms with van der Waals surface area (Å²) in [4.78, 5) is 0.639. The summed E-state index contributed by atoms with van der Waals surface area (Å²) in [5.74, 6) is -1.43. The van der Waals surface area contributed by atoms with Crippen LogP contribution in [0.2, 0.25) is 5.02 Å². The monoisotopic (exact) mass is 288 g/mol. The third-order valence-electron chi connectivity index (χ3n) is 2.30. The highest BCUT2D eigenvalue weighted by atomic mass is 35.5. The highest BCUT2D eigenvalue weighted by Gasteiger charge is 2.06. The lowest BCUT2D eigenvalue weighted by Gasteiger charge is -2.04. The summed E-state index contributed by atoms with van der Waals surface area (Å²) >= 11 is 6.81. The fourth-order valence-corrected chi connectivity index (χ4v) is 2.39. The first-order chi connectivity index (χ1) is 8.56. The highest BCUT2D eigenvalue weighted by Crippen LogP contribution is 2.27. The highest BCUT2D eigenvalue weighted by molar-refractivity contribution is 7.98. The van der Waals surface area contributed by atoms with Crippen molar-refractivity contribution in [3.05, 3.63) is 64.4 Å². The maximum atomic E-state index is 13.3. The van der Waals surface area contributed by atoms with Gasteiger partial charge < -0.3 is 0 Å². The van der Waals surface area contributed by atoms with Gasteiger partial charge in [0.25, 0.3) is 0 Å². The largest absolute Gasteiger partial charge is 0.207 e. The summed E-state index contributed by atoms with van der Waals surface area (Å²) in [6.45, 7) is 0. The molecule has 0 amide bonds. The zero-order valence-electron chi connectivity index (χ0n) is 9.09. The van der Waals surface area contributed by atoms with Gasteiger partial charge in [0.05, 0.1) is 5.02 Å². The van der Waals surface area contributed by atoms with Gasteiger partial charge >= 0.3 is 0 Å². The fraction of sp³-hybridized carbons (Fsp3) is 0.0769. The van der Waals surface area contributed by atoms with Crippen LogP contribution in [-0.4, -0.2) is 0 Å². The summed E-state index contributed by atoms with van der Waals surface area (Å²) in [7, 11) is 0. The maximum Gasteiger partial charge on any atom is 0.142 e. The van der Waals surface area contributed by atoms with Crippen LogP contribution in [0.1, 0.15) is 5.56 Å². The topological polar surface area (TPSA) is 0 Å². The second-order valence-corrected chi connectivity index (χ2v) is 5.06. The number of benzene rings is 2. The van der Waals surface area contributed by atoms with Gasteiger partial charge in [-0.05, 0) is 29.8 Å². The van der Waals surface area contributed by atoms with Crippen LogP contribution in [0, 0.1) is 17.5 Å². The lowest BCUT2D eigenvalue weighted by molar-refractivity contribution is 0.576. The van der Waals surface area contributed by atoms with E-state index in [1.54, 1.807) is 6.07 Å². The molecule has 94 valence electrons. The van der Waals surface area contributed by atoms with Crippen LogP contribution in [0.3, 0.4) is 0 Å². The van der Waals surface area contributed by atoms with Gasteiger partial charge in [-0.15, -0.1) is 11.8 Å². The van der Waals surface area contributed by atoms with Crippen LogP contribution in [0.5, 0.6) is 0 Å². The molecule has 0 aliphatic rings. The van der Waals surface area contributed by atoms with Crippen molar-refractivity contribution >= 4 is 23.4 Å². The first-order valence-electron chi connectivity index (χ1n) is 5.08. The molecule has 5 heteroatoms. The zero-order chi connectivity index (χ0) is 13.1. The molecule has 0 radical (unpaired) electrons. The molecule has 0 aliphatic carbocycles. The average Bonchev–Trinajstić information content (AvgIpc) is 2.32. The Morgan fingerprint density at radius 2 is 1.72 bits per heavy atom. The molecule has 0 aliphatic heterocycles. The van der Waals surface area contributed by atoms with Crippen molar-refractivity contribution in [1.29, 1.82) is 0 Å². The summed E-state index contributed by atoms with van der Waals surface area (Å²) < 4.78 is 39.2. The molecule has 0 N–H and O–H groups in total. The van der Waals surface area contributed by atoms with Crippen LogP contribution in [0.25, 0.3) is 0 Å². The molecule has 0 bridgehead atoms. The van der Waals surface area contributed by atoms with Gasteiger partial charge in [-0.25, -0.2) is 13.2 Å². The average molecular weight is 289 g/mol. The molecule has 0 saturated carbocycles. The normalized spacial score (nSPS) is 10.7. The zero-order valence-corrected chi connectivity index (χ0v) is 10.7. The first-order valence-corrected chi connectivity index (χ1v) is 6.44. The molecule has 0 spiro atoms. The van der Waals surface area contributed by atoms with E-state index in [9.17, 15) is 13.2 Å². The van der Waals surface area contributed by atoms with Crippen molar-refractivity contribution in [2.24, 2.45) is 0 Å². The molecule has 0 heterocycles. The van der Waals surface area contributed by atoms with E-state index >= 15 is 0 Å². The van der Waals surface area contributed by atoms with Gasteiger partial charge in [0.2, 0.25) is 0 Å². The third-order valence-corrected chi connectivity index (χ3v) is 3.65. The third kappa shape index (κ3) is 3.21. The molecule has 0 atom stereocenters. The van der Waals surface area contributed by atoms with E-state index in [-0.39, 0.29) is 5.02 Å². The van der Waals surface area contributed by atoms with Crippen molar-refractivity contribution in [1.82, 2.24) is 0 Å². The van der Waals surface area contributed by atoms with Crippen LogP contribution in [0.4, 0.5) is 13.2 Å². The van der Waals surface area contributed by atoms with Gasteiger partial charge in [0.15, 0.2) is 0 Å². The van der Waals surface area contributed by atoms with Crippen molar-refractivity contribution in [2.45, 2.75) is 10.6 Å². The molecule has 0 unspecified atom stereocenters. The molecular weight excluding hydrogens is 281 g/mol.